The molecule has 1 amide bonds. The molecule has 2 rings (SSSR count). The molecule has 0 bridgehead atoms. The third-order valence-electron chi connectivity index (χ3n) is 3.74. The molecule has 0 spiro atoms. The fourth-order valence-electron chi connectivity index (χ4n) is 2.21. The maximum atomic E-state index is 12.2. The molecule has 1 aromatic heterocycles. The Morgan fingerprint density at radius 1 is 1.35 bits per heavy atom. The van der Waals surface area contributed by atoms with Crippen LogP contribution in [0.4, 0.5) is 0 Å². The summed E-state index contributed by atoms with van der Waals surface area (Å²) in [6.45, 7) is 6.80. The summed E-state index contributed by atoms with van der Waals surface area (Å²) in [4.78, 5) is 16.7. The van der Waals surface area contributed by atoms with Crippen molar-refractivity contribution in [2.45, 2.75) is 19.4 Å². The Morgan fingerprint density at radius 2 is 1.95 bits per heavy atom. The van der Waals surface area contributed by atoms with Crippen LogP contribution in [0.15, 0.2) is 21.2 Å². The van der Waals surface area contributed by atoms with Crippen LogP contribution in [0.2, 0.25) is 0 Å². The Bertz CT molecular complexity index is 521. The van der Waals surface area contributed by atoms with Gasteiger partial charge in [-0.05, 0) is 41.9 Å². The second-order valence-corrected chi connectivity index (χ2v) is 6.53. The van der Waals surface area contributed by atoms with Crippen LogP contribution in [-0.4, -0.2) is 52.4 Å². The summed E-state index contributed by atoms with van der Waals surface area (Å²) in [6.07, 6.45) is 0. The molecule has 1 saturated heterocycles. The smallest absolute Gasteiger partial charge is 0.289 e. The van der Waals surface area contributed by atoms with E-state index >= 15 is 0 Å². The van der Waals surface area contributed by atoms with Gasteiger partial charge in [0.15, 0.2) is 10.4 Å². The maximum absolute atomic E-state index is 12.2. The molecule has 0 aromatic carbocycles. The van der Waals surface area contributed by atoms with Crippen molar-refractivity contribution in [2.75, 3.05) is 26.2 Å². The fourth-order valence-corrected chi connectivity index (χ4v) is 2.65. The molecular weight excluding hydrogens is 342 g/mol. The van der Waals surface area contributed by atoms with Crippen LogP contribution in [0, 0.1) is 0 Å². The molecule has 2 N–H and O–H groups in total. The molecule has 0 radical (unpaired) electrons. The van der Waals surface area contributed by atoms with Crippen LogP contribution >= 0.6 is 28.1 Å². The highest BCUT2D eigenvalue weighted by Gasteiger charge is 2.33. The predicted octanol–water partition coefficient (Wildman–Crippen LogP) is 1.86. The van der Waals surface area contributed by atoms with Crippen molar-refractivity contribution in [3.63, 3.8) is 0 Å². The molecule has 20 heavy (non-hydrogen) atoms. The van der Waals surface area contributed by atoms with Crippen molar-refractivity contribution in [3.05, 3.63) is 22.6 Å². The molecule has 2 heterocycles. The molecule has 0 aliphatic carbocycles. The number of thiocarbonyl (C=S) groups is 1. The Kier molecular flexibility index (Phi) is 4.51. The molecule has 0 unspecified atom stereocenters. The van der Waals surface area contributed by atoms with Crippen molar-refractivity contribution in [3.8, 4) is 0 Å². The number of nitrogens with two attached hydrogens (primary N) is 1. The van der Waals surface area contributed by atoms with Crippen LogP contribution in [0.3, 0.4) is 0 Å². The first-order valence-electron chi connectivity index (χ1n) is 6.42. The highest BCUT2D eigenvalue weighted by Crippen LogP contribution is 2.20. The standard InChI is InChI=1S/C13H18BrN3O2S/c1-13(2,12(15)20)17-7-5-16(6-8-17)11(18)9-3-4-10(14)19-9/h3-4H,5-8H2,1-2H3,(H2,15,20). The monoisotopic (exact) mass is 359 g/mol. The lowest BCUT2D eigenvalue weighted by Gasteiger charge is -2.43. The van der Waals surface area contributed by atoms with E-state index in [-0.39, 0.29) is 11.4 Å². The van der Waals surface area contributed by atoms with Crippen LogP contribution in [0.1, 0.15) is 24.4 Å². The molecule has 1 fully saturated rings. The molecule has 1 aliphatic rings. The van der Waals surface area contributed by atoms with Gasteiger partial charge >= 0.3 is 0 Å². The second-order valence-electron chi connectivity index (χ2n) is 5.31. The number of nitrogens with zero attached hydrogens (tertiary/aromatic N) is 2. The topological polar surface area (TPSA) is 62.7 Å². The average Bonchev–Trinajstić information content (AvgIpc) is 2.84. The molecule has 5 nitrogen and oxygen atoms in total. The van der Waals surface area contributed by atoms with Crippen LogP contribution in [-0.2, 0) is 0 Å². The third kappa shape index (κ3) is 3.05. The fraction of sp³-hybridized carbons (Fsp3) is 0.538. The summed E-state index contributed by atoms with van der Waals surface area (Å²) in [5.41, 5.74) is 5.46. The Morgan fingerprint density at radius 3 is 2.40 bits per heavy atom. The Labute approximate surface area is 132 Å². The maximum Gasteiger partial charge on any atom is 0.289 e. The van der Waals surface area contributed by atoms with Crippen LogP contribution in [0.25, 0.3) is 0 Å². The minimum atomic E-state index is -0.321. The van der Waals surface area contributed by atoms with Gasteiger partial charge in [0, 0.05) is 26.2 Å². The average molecular weight is 360 g/mol. The second kappa shape index (κ2) is 5.83. The summed E-state index contributed by atoms with van der Waals surface area (Å²) < 4.78 is 5.87. The Balaban J connectivity index is 1.98. The quantitative estimate of drug-likeness (QED) is 0.834. The van der Waals surface area contributed by atoms with E-state index in [1.807, 2.05) is 13.8 Å². The van der Waals surface area contributed by atoms with Crippen molar-refractivity contribution in [1.82, 2.24) is 9.80 Å². The summed E-state index contributed by atoms with van der Waals surface area (Å²) >= 11 is 8.31. The van der Waals surface area contributed by atoms with Gasteiger partial charge in [-0.3, -0.25) is 9.69 Å². The minimum absolute atomic E-state index is 0.0801. The van der Waals surface area contributed by atoms with Gasteiger partial charge in [0.25, 0.3) is 5.91 Å². The van der Waals surface area contributed by atoms with E-state index < -0.39 is 0 Å². The van der Waals surface area contributed by atoms with E-state index in [9.17, 15) is 4.79 Å². The lowest BCUT2D eigenvalue weighted by molar-refractivity contribution is 0.0511. The molecule has 0 saturated carbocycles. The number of carbonyl (C=O) groups is 1. The lowest BCUT2D eigenvalue weighted by atomic mass is 10.0. The third-order valence-corrected chi connectivity index (χ3v) is 4.67. The summed E-state index contributed by atoms with van der Waals surface area (Å²) in [5, 5.41) is 0. The predicted molar refractivity (Wildman–Crippen MR) is 84.7 cm³/mol. The number of halogens is 1. The minimum Gasteiger partial charge on any atom is -0.444 e. The Hall–Kier alpha value is -0.920. The van der Waals surface area contributed by atoms with Crippen molar-refractivity contribution in [1.29, 1.82) is 0 Å². The highest BCUT2D eigenvalue weighted by molar-refractivity contribution is 9.10. The molecule has 1 aromatic rings. The first-order chi connectivity index (χ1) is 9.32. The molecule has 7 heteroatoms. The summed E-state index contributed by atoms with van der Waals surface area (Å²) in [6, 6.07) is 3.40. The van der Waals surface area contributed by atoms with Gasteiger partial charge in [-0.2, -0.15) is 0 Å². The largest absolute Gasteiger partial charge is 0.444 e. The zero-order chi connectivity index (χ0) is 14.9. The van der Waals surface area contributed by atoms with Crippen LogP contribution in [0.5, 0.6) is 0 Å². The first kappa shape index (κ1) is 15.5. The van der Waals surface area contributed by atoms with E-state index in [2.05, 4.69) is 20.8 Å². The summed E-state index contributed by atoms with van der Waals surface area (Å²) in [5.74, 6) is 0.280. The molecule has 0 atom stereocenters. The zero-order valence-electron chi connectivity index (χ0n) is 11.6. The number of hydrogen-bond donors (Lipinski definition) is 1. The van der Waals surface area contributed by atoms with E-state index in [4.69, 9.17) is 22.4 Å². The molecule has 1 aliphatic heterocycles. The van der Waals surface area contributed by atoms with Crippen LogP contribution < -0.4 is 5.73 Å². The molecule has 110 valence electrons. The van der Waals surface area contributed by atoms with Crippen molar-refractivity contribution < 1.29 is 9.21 Å². The number of carbonyl (C=O) groups excluding carboxylic acids is 1. The highest BCUT2D eigenvalue weighted by atomic mass is 79.9. The molecular formula is C13H18BrN3O2S. The van der Waals surface area contributed by atoms with E-state index in [1.54, 1.807) is 17.0 Å². The van der Waals surface area contributed by atoms with Gasteiger partial charge < -0.3 is 15.1 Å². The summed E-state index contributed by atoms with van der Waals surface area (Å²) in [7, 11) is 0. The number of hydrogen-bond acceptors (Lipinski definition) is 4. The van der Waals surface area contributed by atoms with Gasteiger partial charge in [-0.25, -0.2) is 0 Å². The van der Waals surface area contributed by atoms with Gasteiger partial charge in [-0.1, -0.05) is 12.2 Å². The van der Waals surface area contributed by atoms with Gasteiger partial charge in [0.1, 0.15) is 0 Å². The van der Waals surface area contributed by atoms with Crippen molar-refractivity contribution >= 4 is 39.0 Å². The lowest BCUT2D eigenvalue weighted by Crippen LogP contribution is -2.59. The van der Waals surface area contributed by atoms with Gasteiger partial charge in [0.05, 0.1) is 10.5 Å². The van der Waals surface area contributed by atoms with E-state index in [0.29, 0.717) is 28.5 Å². The normalized spacial score (nSPS) is 17.2. The number of rotatable bonds is 3. The number of amides is 1. The number of furan rings is 1. The van der Waals surface area contributed by atoms with Gasteiger partial charge in [0.2, 0.25) is 0 Å². The van der Waals surface area contributed by atoms with Crippen molar-refractivity contribution in [2.24, 2.45) is 5.73 Å². The van der Waals surface area contributed by atoms with Gasteiger partial charge in [-0.15, -0.1) is 0 Å². The van der Waals surface area contributed by atoms with E-state index in [1.165, 1.54) is 0 Å². The van der Waals surface area contributed by atoms with E-state index in [0.717, 1.165) is 13.1 Å². The SMILES string of the molecule is CC(C)(C(N)=S)N1CCN(C(=O)c2ccc(Br)o2)CC1. The number of piperazine rings is 1. The first-order valence-corrected chi connectivity index (χ1v) is 7.62. The zero-order valence-corrected chi connectivity index (χ0v) is 14.0.